The maximum Gasteiger partial charge on any atom is 0.275 e. The van der Waals surface area contributed by atoms with Crippen LogP contribution < -0.4 is 21.7 Å². The Balaban J connectivity index is 1.58. The molecule has 3 aromatic rings. The summed E-state index contributed by atoms with van der Waals surface area (Å²) in [5.74, 6) is -1.27. The van der Waals surface area contributed by atoms with Crippen molar-refractivity contribution in [2.45, 2.75) is 25.0 Å². The number of methoxy groups -OCH3 is 1. The summed E-state index contributed by atoms with van der Waals surface area (Å²) in [4.78, 5) is 19.1. The fraction of sp³-hybridized carbons (Fsp3) is 0.381. The third-order valence-electron chi connectivity index (χ3n) is 5.69. The maximum atomic E-state index is 14.1. The molecule has 1 aliphatic rings. The molecule has 0 spiro atoms. The Morgan fingerprint density at radius 1 is 1.27 bits per heavy atom. The van der Waals surface area contributed by atoms with Gasteiger partial charge >= 0.3 is 0 Å². The van der Waals surface area contributed by atoms with E-state index < -0.39 is 17.5 Å². The normalized spacial score (nSPS) is 18.9. The third-order valence-corrected chi connectivity index (χ3v) is 6.55. The number of hydrogen-bond donors (Lipinski definition) is 3. The average Bonchev–Trinajstić information content (AvgIpc) is 3.30. The second kappa shape index (κ2) is 9.41. The van der Waals surface area contributed by atoms with Crippen LogP contribution in [0.2, 0.25) is 0 Å². The molecule has 3 heterocycles. The van der Waals surface area contributed by atoms with Crippen LogP contribution in [0.5, 0.6) is 0 Å². The predicted octanol–water partition coefficient (Wildman–Crippen LogP) is 2.60. The first-order valence-electron chi connectivity index (χ1n) is 10.4. The molecule has 2 aromatic heterocycles. The highest BCUT2D eigenvalue weighted by atomic mass is 32.1. The van der Waals surface area contributed by atoms with Crippen molar-refractivity contribution in [3.8, 4) is 10.6 Å². The molecule has 176 valence electrons. The first-order valence-corrected chi connectivity index (χ1v) is 11.2. The van der Waals surface area contributed by atoms with Crippen LogP contribution in [0, 0.1) is 11.6 Å². The highest BCUT2D eigenvalue weighted by Gasteiger charge is 2.28. The van der Waals surface area contributed by atoms with Gasteiger partial charge in [0.2, 0.25) is 0 Å². The van der Waals surface area contributed by atoms with Gasteiger partial charge in [-0.2, -0.15) is 5.10 Å². The first kappa shape index (κ1) is 23.1. The summed E-state index contributed by atoms with van der Waals surface area (Å²) in [6, 6.07) is 3.45. The van der Waals surface area contributed by atoms with Crippen LogP contribution in [0.3, 0.4) is 0 Å². The second-order valence-corrected chi connectivity index (χ2v) is 8.66. The molecule has 0 saturated carbocycles. The van der Waals surface area contributed by atoms with Gasteiger partial charge in [0, 0.05) is 38.7 Å². The number of hydrogen-bond acceptors (Lipinski definition) is 8. The van der Waals surface area contributed by atoms with Crippen LogP contribution in [-0.2, 0) is 11.8 Å². The van der Waals surface area contributed by atoms with E-state index in [0.717, 1.165) is 23.5 Å². The summed E-state index contributed by atoms with van der Waals surface area (Å²) in [6.45, 7) is 1.28. The quantitative estimate of drug-likeness (QED) is 0.516. The van der Waals surface area contributed by atoms with Crippen LogP contribution in [0.25, 0.3) is 10.6 Å². The van der Waals surface area contributed by atoms with Crippen molar-refractivity contribution in [1.82, 2.24) is 14.8 Å². The molecule has 1 amide bonds. The molecule has 0 bridgehead atoms. The molecule has 9 nitrogen and oxygen atoms in total. The van der Waals surface area contributed by atoms with Gasteiger partial charge in [0.05, 0.1) is 11.7 Å². The summed E-state index contributed by atoms with van der Waals surface area (Å²) in [6.07, 6.45) is 1.34. The monoisotopic (exact) mass is 477 g/mol. The molecule has 2 atom stereocenters. The molecular weight excluding hydrogens is 452 g/mol. The summed E-state index contributed by atoms with van der Waals surface area (Å²) in [5, 5.41) is 8.54. The molecule has 0 unspecified atom stereocenters. The number of benzene rings is 1. The van der Waals surface area contributed by atoms with Gasteiger partial charge in [-0.05, 0) is 25.0 Å². The number of nitrogens with zero attached hydrogens (tertiary/aromatic N) is 4. The zero-order valence-electron chi connectivity index (χ0n) is 18.2. The number of rotatable bonds is 5. The molecule has 4 rings (SSSR count). The van der Waals surface area contributed by atoms with E-state index in [1.165, 1.54) is 11.4 Å². The number of carbonyl (C=O) groups excluding carboxylic acids is 1. The van der Waals surface area contributed by atoms with E-state index in [0.29, 0.717) is 37.4 Å². The lowest BCUT2D eigenvalue weighted by atomic mass is 10.1. The molecule has 1 aromatic carbocycles. The number of carbonyl (C=O) groups is 1. The molecular formula is C21H25F2N7O2S. The van der Waals surface area contributed by atoms with Gasteiger partial charge in [-0.15, -0.1) is 11.3 Å². The SMILES string of the molecule is CO[C@H]1CCN(c2c(NC(=O)c3csc(-c4c(F)cccc4F)n3)c(N)nn2C)CC[C@@H]1N. The van der Waals surface area contributed by atoms with E-state index in [1.807, 2.05) is 0 Å². The van der Waals surface area contributed by atoms with Crippen LogP contribution in [-0.4, -0.2) is 53.0 Å². The number of ether oxygens (including phenoxy) is 1. The molecule has 0 aliphatic carbocycles. The molecule has 0 radical (unpaired) electrons. The second-order valence-electron chi connectivity index (χ2n) is 7.80. The van der Waals surface area contributed by atoms with Gasteiger partial charge in [0.1, 0.15) is 28.0 Å². The topological polar surface area (TPSA) is 124 Å². The molecule has 1 saturated heterocycles. The van der Waals surface area contributed by atoms with E-state index in [1.54, 1.807) is 18.8 Å². The van der Waals surface area contributed by atoms with Crippen molar-refractivity contribution in [2.75, 3.05) is 36.1 Å². The Bertz CT molecular complexity index is 1150. The Kier molecular flexibility index (Phi) is 6.58. The number of amides is 1. The van der Waals surface area contributed by atoms with Gasteiger partial charge in [-0.1, -0.05) is 6.07 Å². The van der Waals surface area contributed by atoms with E-state index in [4.69, 9.17) is 16.2 Å². The molecule has 33 heavy (non-hydrogen) atoms. The first-order chi connectivity index (χ1) is 15.8. The lowest BCUT2D eigenvalue weighted by molar-refractivity contribution is 0.0781. The number of thiazole rings is 1. The summed E-state index contributed by atoms with van der Waals surface area (Å²) < 4.78 is 35.3. The number of nitrogen functional groups attached to an aromatic ring is 1. The fourth-order valence-electron chi connectivity index (χ4n) is 3.99. The Labute approximate surface area is 193 Å². The van der Waals surface area contributed by atoms with E-state index in [-0.39, 0.29) is 34.2 Å². The van der Waals surface area contributed by atoms with E-state index in [9.17, 15) is 13.6 Å². The Morgan fingerprint density at radius 2 is 1.97 bits per heavy atom. The van der Waals surface area contributed by atoms with Crippen molar-refractivity contribution < 1.29 is 18.3 Å². The van der Waals surface area contributed by atoms with Crippen LogP contribution in [0.15, 0.2) is 23.6 Å². The molecule has 1 fully saturated rings. The molecule has 1 aliphatic heterocycles. The van der Waals surface area contributed by atoms with Gasteiger partial charge in [-0.3, -0.25) is 4.79 Å². The number of nitrogens with two attached hydrogens (primary N) is 2. The van der Waals surface area contributed by atoms with Crippen LogP contribution >= 0.6 is 11.3 Å². The third kappa shape index (κ3) is 4.54. The van der Waals surface area contributed by atoms with Gasteiger partial charge < -0.3 is 26.4 Å². The minimum Gasteiger partial charge on any atom is -0.380 e. The summed E-state index contributed by atoms with van der Waals surface area (Å²) >= 11 is 0.975. The Morgan fingerprint density at radius 3 is 2.67 bits per heavy atom. The minimum absolute atomic E-state index is 0.0178. The van der Waals surface area contributed by atoms with Crippen LogP contribution in [0.4, 0.5) is 26.1 Å². The number of anilines is 3. The predicted molar refractivity (Wildman–Crippen MR) is 123 cm³/mol. The largest absolute Gasteiger partial charge is 0.380 e. The number of aromatic nitrogens is 3. The lowest BCUT2D eigenvalue weighted by Gasteiger charge is -2.24. The number of halogens is 2. The molecule has 5 N–H and O–H groups in total. The zero-order chi connectivity index (χ0) is 23.7. The zero-order valence-corrected chi connectivity index (χ0v) is 19.0. The summed E-state index contributed by atoms with van der Waals surface area (Å²) in [7, 11) is 3.38. The van der Waals surface area contributed by atoms with Gasteiger partial charge in [-0.25, -0.2) is 18.4 Å². The lowest BCUT2D eigenvalue weighted by Crippen LogP contribution is -2.35. The number of nitrogens with one attached hydrogen (secondary N) is 1. The average molecular weight is 478 g/mol. The van der Waals surface area contributed by atoms with E-state index >= 15 is 0 Å². The smallest absolute Gasteiger partial charge is 0.275 e. The van der Waals surface area contributed by atoms with E-state index in [2.05, 4.69) is 20.3 Å². The molecule has 12 heteroatoms. The van der Waals surface area contributed by atoms with Crippen molar-refractivity contribution in [3.63, 3.8) is 0 Å². The fourth-order valence-corrected chi connectivity index (χ4v) is 4.84. The number of aryl methyl sites for hydroxylation is 1. The van der Waals surface area contributed by atoms with Gasteiger partial charge in [0.25, 0.3) is 5.91 Å². The standard InChI is InChI=1S/C21H25F2N7O2S/c1-29-21(30-8-6-13(24)15(32-2)7-9-30)17(18(25)28-29)27-19(31)14-10-33-20(26-14)16-11(22)4-3-5-12(16)23/h3-5,10,13,15H,6-9,24H2,1-2H3,(H2,25,28)(H,27,31)/t13-,15-/m0/s1. The summed E-state index contributed by atoms with van der Waals surface area (Å²) in [5.41, 5.74) is 12.4. The minimum atomic E-state index is -0.746. The highest BCUT2D eigenvalue weighted by molar-refractivity contribution is 7.13. The van der Waals surface area contributed by atoms with Gasteiger partial charge in [0.15, 0.2) is 11.6 Å². The highest BCUT2D eigenvalue weighted by Crippen LogP contribution is 2.34. The van der Waals surface area contributed by atoms with Crippen molar-refractivity contribution in [1.29, 1.82) is 0 Å². The van der Waals surface area contributed by atoms with Crippen molar-refractivity contribution in [2.24, 2.45) is 12.8 Å². The van der Waals surface area contributed by atoms with Crippen molar-refractivity contribution >= 4 is 34.6 Å². The van der Waals surface area contributed by atoms with Crippen molar-refractivity contribution in [3.05, 3.63) is 40.9 Å². The maximum absolute atomic E-state index is 14.1. The van der Waals surface area contributed by atoms with Crippen LogP contribution in [0.1, 0.15) is 23.3 Å². The Hall–Kier alpha value is -3.09.